The summed E-state index contributed by atoms with van der Waals surface area (Å²) in [4.78, 5) is 26.1. The van der Waals surface area contributed by atoms with Crippen molar-refractivity contribution < 1.29 is 9.59 Å². The lowest BCUT2D eigenvalue weighted by atomic mass is 10.0. The molecule has 1 aromatic carbocycles. The number of benzene rings is 1. The number of hydrogen-bond acceptors (Lipinski definition) is 3. The van der Waals surface area contributed by atoms with Gasteiger partial charge < -0.3 is 15.5 Å². The van der Waals surface area contributed by atoms with E-state index in [0.29, 0.717) is 37.4 Å². The molecule has 1 heterocycles. The molecule has 0 aliphatic carbocycles. The van der Waals surface area contributed by atoms with E-state index in [-0.39, 0.29) is 17.9 Å². The molecule has 1 fully saturated rings. The molecular formula is C18H26ClN3O2. The predicted molar refractivity (Wildman–Crippen MR) is 95.9 cm³/mol. The van der Waals surface area contributed by atoms with Crippen molar-refractivity contribution in [2.24, 2.45) is 0 Å². The molecule has 2 rings (SSSR count). The topological polar surface area (TPSA) is 61.4 Å². The van der Waals surface area contributed by atoms with Gasteiger partial charge in [0.25, 0.3) is 0 Å². The van der Waals surface area contributed by atoms with Crippen molar-refractivity contribution in [3.8, 4) is 0 Å². The van der Waals surface area contributed by atoms with E-state index in [1.807, 2.05) is 36.1 Å². The average Bonchev–Trinajstić information content (AvgIpc) is 2.60. The zero-order valence-electron chi connectivity index (χ0n) is 14.2. The van der Waals surface area contributed by atoms with Gasteiger partial charge in [0.15, 0.2) is 0 Å². The number of nitrogens with one attached hydrogen (secondary N) is 2. The van der Waals surface area contributed by atoms with Gasteiger partial charge >= 0.3 is 0 Å². The summed E-state index contributed by atoms with van der Waals surface area (Å²) in [5, 5.41) is 6.85. The summed E-state index contributed by atoms with van der Waals surface area (Å²) >= 11 is 6.08. The van der Waals surface area contributed by atoms with Gasteiger partial charge in [-0.05, 0) is 30.5 Å². The second-order valence-corrected chi connectivity index (χ2v) is 6.50. The molecule has 1 atom stereocenters. The molecular weight excluding hydrogens is 326 g/mol. The Morgan fingerprint density at radius 2 is 2.21 bits per heavy atom. The molecule has 0 radical (unpaired) electrons. The van der Waals surface area contributed by atoms with E-state index in [4.69, 9.17) is 11.6 Å². The summed E-state index contributed by atoms with van der Waals surface area (Å²) in [5.41, 5.74) is 1.05. The maximum absolute atomic E-state index is 12.6. The zero-order chi connectivity index (χ0) is 17.4. The first-order valence-corrected chi connectivity index (χ1v) is 9.02. The first-order chi connectivity index (χ1) is 11.6. The maximum atomic E-state index is 12.6. The Kier molecular flexibility index (Phi) is 7.53. The molecule has 1 aliphatic heterocycles. The normalized spacial score (nSPS) is 17.6. The van der Waals surface area contributed by atoms with Crippen LogP contribution in [-0.2, 0) is 9.59 Å². The smallest absolute Gasteiger partial charge is 0.223 e. The minimum Gasteiger partial charge on any atom is -0.356 e. The highest BCUT2D eigenvalue weighted by atomic mass is 35.5. The van der Waals surface area contributed by atoms with E-state index >= 15 is 0 Å². The van der Waals surface area contributed by atoms with Crippen molar-refractivity contribution in [2.75, 3.05) is 26.2 Å². The SMILES string of the molecule is CCCNC(=O)CCCC(=O)N1CCNCC1c1cccc(Cl)c1. The van der Waals surface area contributed by atoms with Gasteiger partial charge in [0.05, 0.1) is 6.04 Å². The first-order valence-electron chi connectivity index (χ1n) is 8.64. The molecule has 132 valence electrons. The number of halogens is 1. The van der Waals surface area contributed by atoms with Crippen LogP contribution in [0, 0.1) is 0 Å². The van der Waals surface area contributed by atoms with Crippen molar-refractivity contribution in [3.05, 3.63) is 34.9 Å². The van der Waals surface area contributed by atoms with Gasteiger partial charge in [-0.25, -0.2) is 0 Å². The summed E-state index contributed by atoms with van der Waals surface area (Å²) in [6, 6.07) is 7.66. The Morgan fingerprint density at radius 3 is 2.96 bits per heavy atom. The van der Waals surface area contributed by atoms with E-state index in [1.165, 1.54) is 0 Å². The summed E-state index contributed by atoms with van der Waals surface area (Å²) in [6.07, 6.45) is 2.31. The van der Waals surface area contributed by atoms with Crippen LogP contribution >= 0.6 is 11.6 Å². The van der Waals surface area contributed by atoms with Crippen molar-refractivity contribution >= 4 is 23.4 Å². The zero-order valence-corrected chi connectivity index (χ0v) is 14.9. The Morgan fingerprint density at radius 1 is 1.38 bits per heavy atom. The third kappa shape index (κ3) is 5.49. The fourth-order valence-electron chi connectivity index (χ4n) is 2.91. The number of nitrogens with zero attached hydrogens (tertiary/aromatic N) is 1. The van der Waals surface area contributed by atoms with Crippen LogP contribution in [0.3, 0.4) is 0 Å². The quantitative estimate of drug-likeness (QED) is 0.793. The second-order valence-electron chi connectivity index (χ2n) is 6.07. The molecule has 0 spiro atoms. The Bertz CT molecular complexity index is 565. The fourth-order valence-corrected chi connectivity index (χ4v) is 3.11. The molecule has 24 heavy (non-hydrogen) atoms. The Hall–Kier alpha value is -1.59. The summed E-state index contributed by atoms with van der Waals surface area (Å²) in [6.45, 7) is 4.91. The monoisotopic (exact) mass is 351 g/mol. The number of carbonyl (C=O) groups excluding carboxylic acids is 2. The van der Waals surface area contributed by atoms with Gasteiger partial charge in [-0.1, -0.05) is 30.7 Å². The van der Waals surface area contributed by atoms with Gasteiger partial charge in [0.1, 0.15) is 0 Å². The lowest BCUT2D eigenvalue weighted by Crippen LogP contribution is -2.48. The van der Waals surface area contributed by atoms with E-state index in [2.05, 4.69) is 10.6 Å². The molecule has 1 saturated heterocycles. The van der Waals surface area contributed by atoms with Crippen LogP contribution in [0.4, 0.5) is 0 Å². The molecule has 6 heteroatoms. The molecule has 2 amide bonds. The number of amides is 2. The molecule has 0 bridgehead atoms. The van der Waals surface area contributed by atoms with Crippen molar-refractivity contribution in [2.45, 2.75) is 38.6 Å². The minimum absolute atomic E-state index is 0.00105. The van der Waals surface area contributed by atoms with Gasteiger partial charge in [0.2, 0.25) is 11.8 Å². The molecule has 1 unspecified atom stereocenters. The average molecular weight is 352 g/mol. The Balaban J connectivity index is 1.90. The van der Waals surface area contributed by atoms with Crippen LogP contribution < -0.4 is 10.6 Å². The maximum Gasteiger partial charge on any atom is 0.223 e. The van der Waals surface area contributed by atoms with E-state index in [9.17, 15) is 9.59 Å². The first kappa shape index (κ1) is 18.7. The van der Waals surface area contributed by atoms with Crippen LogP contribution in [0.2, 0.25) is 5.02 Å². The third-order valence-electron chi connectivity index (χ3n) is 4.16. The highest BCUT2D eigenvalue weighted by Gasteiger charge is 2.27. The molecule has 2 N–H and O–H groups in total. The molecule has 0 saturated carbocycles. The highest BCUT2D eigenvalue weighted by Crippen LogP contribution is 2.25. The van der Waals surface area contributed by atoms with Crippen molar-refractivity contribution in [1.82, 2.24) is 15.5 Å². The van der Waals surface area contributed by atoms with E-state index in [0.717, 1.165) is 25.1 Å². The number of piperazine rings is 1. The van der Waals surface area contributed by atoms with Crippen LogP contribution in [0.25, 0.3) is 0 Å². The van der Waals surface area contributed by atoms with Gasteiger partial charge in [-0.2, -0.15) is 0 Å². The van der Waals surface area contributed by atoms with Gasteiger partial charge in [-0.15, -0.1) is 0 Å². The summed E-state index contributed by atoms with van der Waals surface area (Å²) < 4.78 is 0. The van der Waals surface area contributed by atoms with Crippen LogP contribution in [0.15, 0.2) is 24.3 Å². The molecule has 0 aromatic heterocycles. The predicted octanol–water partition coefficient (Wildman–Crippen LogP) is 2.51. The standard InChI is InChI=1S/C18H26ClN3O2/c1-2-9-21-17(23)7-4-8-18(24)22-11-10-20-13-16(22)14-5-3-6-15(19)12-14/h3,5-6,12,16,20H,2,4,7-11,13H2,1H3,(H,21,23). The number of hydrogen-bond donors (Lipinski definition) is 2. The van der Waals surface area contributed by atoms with Crippen molar-refractivity contribution in [3.63, 3.8) is 0 Å². The summed E-state index contributed by atoms with van der Waals surface area (Å²) in [5.74, 6) is 0.126. The molecule has 1 aromatic rings. The van der Waals surface area contributed by atoms with E-state index < -0.39 is 0 Å². The highest BCUT2D eigenvalue weighted by molar-refractivity contribution is 6.30. The largest absolute Gasteiger partial charge is 0.356 e. The Labute approximate surface area is 148 Å². The number of carbonyl (C=O) groups is 2. The molecule has 5 nitrogen and oxygen atoms in total. The van der Waals surface area contributed by atoms with Crippen LogP contribution in [0.1, 0.15) is 44.2 Å². The van der Waals surface area contributed by atoms with Gasteiger partial charge in [-0.3, -0.25) is 9.59 Å². The second kappa shape index (κ2) is 9.64. The van der Waals surface area contributed by atoms with Crippen LogP contribution in [0.5, 0.6) is 0 Å². The fraction of sp³-hybridized carbons (Fsp3) is 0.556. The number of rotatable bonds is 7. The molecule has 1 aliphatic rings. The third-order valence-corrected chi connectivity index (χ3v) is 4.40. The summed E-state index contributed by atoms with van der Waals surface area (Å²) in [7, 11) is 0. The van der Waals surface area contributed by atoms with Crippen LogP contribution in [-0.4, -0.2) is 42.9 Å². The van der Waals surface area contributed by atoms with E-state index in [1.54, 1.807) is 0 Å². The van der Waals surface area contributed by atoms with Gasteiger partial charge in [0, 0.05) is 44.0 Å². The lowest BCUT2D eigenvalue weighted by molar-refractivity contribution is -0.134. The van der Waals surface area contributed by atoms with Crippen molar-refractivity contribution in [1.29, 1.82) is 0 Å². The lowest BCUT2D eigenvalue weighted by Gasteiger charge is -2.36. The minimum atomic E-state index is -0.00105.